The van der Waals surface area contributed by atoms with Crippen LogP contribution in [0.3, 0.4) is 0 Å². The third kappa shape index (κ3) is 4.03. The number of fused-ring (bicyclic) bond motifs is 1. The Labute approximate surface area is 166 Å². The van der Waals surface area contributed by atoms with E-state index in [2.05, 4.69) is 19.2 Å². The molecule has 0 bridgehead atoms. The van der Waals surface area contributed by atoms with Gasteiger partial charge in [-0.2, -0.15) is 0 Å². The first kappa shape index (κ1) is 19.9. The summed E-state index contributed by atoms with van der Waals surface area (Å²) in [6.45, 7) is 10.8. The standard InChI is InChI=1S/C23H28N2O3/c1-15(2)13-25-19-11-10-17(12-20(19)28-14-23(4,5)22(25)27)24-21(26)18-9-7-6-8-16(18)3/h6-12,15H,13-14H2,1-5H3,(H,24,26). The fraction of sp³-hybridized carbons (Fsp3) is 0.391. The second-order valence-electron chi connectivity index (χ2n) is 8.43. The number of benzene rings is 2. The molecule has 1 aliphatic rings. The number of rotatable bonds is 4. The second kappa shape index (κ2) is 7.66. The Morgan fingerprint density at radius 1 is 1.21 bits per heavy atom. The SMILES string of the molecule is Cc1ccccc1C(=O)Nc1ccc2c(c1)OCC(C)(C)C(=O)N2CC(C)C. The summed E-state index contributed by atoms with van der Waals surface area (Å²) in [4.78, 5) is 27.5. The second-order valence-corrected chi connectivity index (χ2v) is 8.43. The molecule has 2 aromatic rings. The number of hydrogen-bond acceptors (Lipinski definition) is 3. The highest BCUT2D eigenvalue weighted by Crippen LogP contribution is 2.38. The van der Waals surface area contributed by atoms with Crippen molar-refractivity contribution in [3.63, 3.8) is 0 Å². The summed E-state index contributed by atoms with van der Waals surface area (Å²) < 4.78 is 5.98. The van der Waals surface area contributed by atoms with Gasteiger partial charge < -0.3 is 15.0 Å². The van der Waals surface area contributed by atoms with E-state index < -0.39 is 5.41 Å². The molecule has 0 atom stereocenters. The molecule has 0 aliphatic carbocycles. The van der Waals surface area contributed by atoms with Crippen LogP contribution in [0, 0.1) is 18.3 Å². The largest absolute Gasteiger partial charge is 0.490 e. The number of aryl methyl sites for hydroxylation is 1. The van der Waals surface area contributed by atoms with Crippen LogP contribution < -0.4 is 15.0 Å². The molecule has 0 fully saturated rings. The topological polar surface area (TPSA) is 58.6 Å². The molecule has 28 heavy (non-hydrogen) atoms. The molecule has 1 heterocycles. The van der Waals surface area contributed by atoms with Gasteiger partial charge in [0.15, 0.2) is 0 Å². The van der Waals surface area contributed by atoms with Crippen LogP contribution in [0.25, 0.3) is 0 Å². The van der Waals surface area contributed by atoms with Crippen molar-refractivity contribution in [2.75, 3.05) is 23.4 Å². The number of nitrogens with one attached hydrogen (secondary N) is 1. The van der Waals surface area contributed by atoms with Crippen LogP contribution in [0.5, 0.6) is 5.75 Å². The summed E-state index contributed by atoms with van der Waals surface area (Å²) in [5.74, 6) is 0.826. The lowest BCUT2D eigenvalue weighted by Crippen LogP contribution is -2.43. The van der Waals surface area contributed by atoms with Crippen LogP contribution in [-0.4, -0.2) is 25.0 Å². The number of hydrogen-bond donors (Lipinski definition) is 1. The van der Waals surface area contributed by atoms with Gasteiger partial charge in [0.1, 0.15) is 12.4 Å². The van der Waals surface area contributed by atoms with Gasteiger partial charge in [0.25, 0.3) is 5.91 Å². The molecular weight excluding hydrogens is 352 g/mol. The predicted octanol–water partition coefficient (Wildman–Crippen LogP) is 4.65. The van der Waals surface area contributed by atoms with Crippen molar-refractivity contribution >= 4 is 23.2 Å². The van der Waals surface area contributed by atoms with Gasteiger partial charge in [-0.25, -0.2) is 0 Å². The molecule has 1 N–H and O–H groups in total. The Hall–Kier alpha value is -2.82. The van der Waals surface area contributed by atoms with Crippen molar-refractivity contribution in [1.29, 1.82) is 0 Å². The maximum atomic E-state index is 13.0. The minimum atomic E-state index is -0.613. The van der Waals surface area contributed by atoms with Crippen molar-refractivity contribution in [2.24, 2.45) is 11.3 Å². The summed E-state index contributed by atoms with van der Waals surface area (Å²) in [5, 5.41) is 2.93. The van der Waals surface area contributed by atoms with Crippen LogP contribution in [0.1, 0.15) is 43.6 Å². The van der Waals surface area contributed by atoms with Gasteiger partial charge in [-0.05, 0) is 50.5 Å². The Morgan fingerprint density at radius 3 is 2.61 bits per heavy atom. The van der Waals surface area contributed by atoms with Crippen LogP contribution >= 0.6 is 0 Å². The molecule has 2 aromatic carbocycles. The summed E-state index contributed by atoms with van der Waals surface area (Å²) in [6, 6.07) is 12.9. The quantitative estimate of drug-likeness (QED) is 0.840. The summed E-state index contributed by atoms with van der Waals surface area (Å²) >= 11 is 0. The minimum Gasteiger partial charge on any atom is -0.490 e. The number of nitrogens with zero attached hydrogens (tertiary/aromatic N) is 1. The Balaban J connectivity index is 1.92. The lowest BCUT2D eigenvalue weighted by atomic mass is 9.92. The summed E-state index contributed by atoms with van der Waals surface area (Å²) in [6.07, 6.45) is 0. The number of ether oxygens (including phenoxy) is 1. The molecule has 3 rings (SSSR count). The minimum absolute atomic E-state index is 0.0524. The van der Waals surface area contributed by atoms with Crippen molar-refractivity contribution in [3.8, 4) is 5.75 Å². The number of carbonyl (C=O) groups excluding carboxylic acids is 2. The highest BCUT2D eigenvalue weighted by atomic mass is 16.5. The Bertz CT molecular complexity index is 902. The zero-order valence-corrected chi connectivity index (χ0v) is 17.2. The van der Waals surface area contributed by atoms with Gasteiger partial charge in [-0.1, -0.05) is 32.0 Å². The molecule has 5 heteroatoms. The predicted molar refractivity (Wildman–Crippen MR) is 112 cm³/mol. The number of carbonyl (C=O) groups is 2. The smallest absolute Gasteiger partial charge is 0.255 e. The fourth-order valence-electron chi connectivity index (χ4n) is 3.30. The highest BCUT2D eigenvalue weighted by molar-refractivity contribution is 6.06. The first-order valence-electron chi connectivity index (χ1n) is 9.65. The molecule has 148 valence electrons. The van der Waals surface area contributed by atoms with Crippen LogP contribution in [0.2, 0.25) is 0 Å². The molecule has 0 radical (unpaired) electrons. The van der Waals surface area contributed by atoms with Gasteiger partial charge in [0.05, 0.1) is 11.1 Å². The van der Waals surface area contributed by atoms with Gasteiger partial charge in [-0.15, -0.1) is 0 Å². The maximum Gasteiger partial charge on any atom is 0.255 e. The van der Waals surface area contributed by atoms with Crippen molar-refractivity contribution in [1.82, 2.24) is 0 Å². The Kier molecular flexibility index (Phi) is 5.45. The molecule has 2 amide bonds. The third-order valence-corrected chi connectivity index (χ3v) is 4.86. The maximum absolute atomic E-state index is 13.0. The first-order chi connectivity index (χ1) is 13.2. The van der Waals surface area contributed by atoms with Crippen LogP contribution in [0.15, 0.2) is 42.5 Å². The Morgan fingerprint density at radius 2 is 1.93 bits per heavy atom. The van der Waals surface area contributed by atoms with E-state index in [9.17, 15) is 9.59 Å². The van der Waals surface area contributed by atoms with E-state index in [1.807, 2.05) is 51.1 Å². The zero-order valence-electron chi connectivity index (χ0n) is 17.2. The average molecular weight is 380 g/mol. The number of amides is 2. The third-order valence-electron chi connectivity index (χ3n) is 4.86. The van der Waals surface area contributed by atoms with E-state index in [1.54, 1.807) is 17.0 Å². The molecule has 0 unspecified atom stereocenters. The van der Waals surface area contributed by atoms with E-state index >= 15 is 0 Å². The molecule has 5 nitrogen and oxygen atoms in total. The monoisotopic (exact) mass is 380 g/mol. The van der Waals surface area contributed by atoms with E-state index in [0.717, 1.165) is 11.3 Å². The van der Waals surface area contributed by atoms with Gasteiger partial charge in [0.2, 0.25) is 5.91 Å². The molecule has 0 saturated heterocycles. The summed E-state index contributed by atoms with van der Waals surface area (Å²) in [5.41, 5.74) is 2.33. The van der Waals surface area contributed by atoms with E-state index in [-0.39, 0.29) is 11.8 Å². The molecule has 0 aromatic heterocycles. The van der Waals surface area contributed by atoms with Crippen LogP contribution in [0.4, 0.5) is 11.4 Å². The first-order valence-corrected chi connectivity index (χ1v) is 9.65. The van der Waals surface area contributed by atoms with Gasteiger partial charge >= 0.3 is 0 Å². The molecular formula is C23H28N2O3. The lowest BCUT2D eigenvalue weighted by molar-refractivity contribution is -0.127. The highest BCUT2D eigenvalue weighted by Gasteiger charge is 2.38. The fourth-order valence-corrected chi connectivity index (χ4v) is 3.30. The number of anilines is 2. The average Bonchev–Trinajstić information content (AvgIpc) is 2.72. The molecule has 1 aliphatic heterocycles. The van der Waals surface area contributed by atoms with Crippen molar-refractivity contribution < 1.29 is 14.3 Å². The van der Waals surface area contributed by atoms with Crippen LogP contribution in [-0.2, 0) is 4.79 Å². The lowest BCUT2D eigenvalue weighted by Gasteiger charge is -2.29. The van der Waals surface area contributed by atoms with Gasteiger partial charge in [0, 0.05) is 23.9 Å². The zero-order chi connectivity index (χ0) is 20.5. The normalized spacial score (nSPS) is 15.6. The molecule has 0 spiro atoms. The summed E-state index contributed by atoms with van der Waals surface area (Å²) in [7, 11) is 0. The van der Waals surface area contributed by atoms with E-state index in [0.29, 0.717) is 36.1 Å². The van der Waals surface area contributed by atoms with E-state index in [4.69, 9.17) is 4.74 Å². The van der Waals surface area contributed by atoms with Crippen molar-refractivity contribution in [2.45, 2.75) is 34.6 Å². The molecule has 0 saturated carbocycles. The van der Waals surface area contributed by atoms with Gasteiger partial charge in [-0.3, -0.25) is 9.59 Å². The van der Waals surface area contributed by atoms with Crippen molar-refractivity contribution in [3.05, 3.63) is 53.6 Å². The van der Waals surface area contributed by atoms with E-state index in [1.165, 1.54) is 0 Å².